The lowest BCUT2D eigenvalue weighted by atomic mass is 9.41. The van der Waals surface area contributed by atoms with Crippen LogP contribution in [0.5, 0.6) is 0 Å². The summed E-state index contributed by atoms with van der Waals surface area (Å²) in [7, 11) is 0. The summed E-state index contributed by atoms with van der Waals surface area (Å²) in [6, 6.07) is 0. The van der Waals surface area contributed by atoms with Gasteiger partial charge in [0.05, 0.1) is 10.8 Å². The Morgan fingerprint density at radius 2 is 1.03 bits per heavy atom. The van der Waals surface area contributed by atoms with Crippen molar-refractivity contribution in [3.05, 3.63) is 0 Å². The molecule has 5 saturated carbocycles. The topological polar surface area (TPSA) is 17.1 Å². The van der Waals surface area contributed by atoms with E-state index in [-0.39, 0.29) is 0 Å². The molecule has 0 aromatic heterocycles. The zero-order valence-electron chi connectivity index (χ0n) is 21.8. The summed E-state index contributed by atoms with van der Waals surface area (Å²) in [5.74, 6) is 5.53. The molecular weight excluding hydrogens is 407 g/mol. The number of Topliss-reactive ketones (excluding diaryl/α,β-unsaturated/α-hetero) is 1. The molecule has 0 radical (unpaired) electrons. The van der Waals surface area contributed by atoms with Crippen LogP contribution in [-0.4, -0.2) is 12.0 Å². The normalized spacial score (nSPS) is 48.7. The molecule has 5 aliphatic carbocycles. The van der Waals surface area contributed by atoms with Crippen molar-refractivity contribution < 1.29 is 9.18 Å². The van der Waals surface area contributed by atoms with Crippen LogP contribution in [0.4, 0.5) is 4.39 Å². The predicted octanol–water partition coefficient (Wildman–Crippen LogP) is 9.08. The number of carbonyl (C=O) groups excluding carboxylic acids is 1. The van der Waals surface area contributed by atoms with E-state index in [9.17, 15) is 4.79 Å². The highest BCUT2D eigenvalue weighted by atomic mass is 19.1. The summed E-state index contributed by atoms with van der Waals surface area (Å²) in [4.78, 5) is 13.6. The molecule has 2 spiro atoms. The van der Waals surface area contributed by atoms with E-state index in [1.54, 1.807) is 0 Å². The average molecular weight is 459 g/mol. The van der Waals surface area contributed by atoms with Crippen LogP contribution in [0.1, 0.15) is 136 Å². The van der Waals surface area contributed by atoms with Crippen molar-refractivity contribution in [2.45, 2.75) is 142 Å². The second-order valence-corrected chi connectivity index (χ2v) is 13.4. The molecule has 0 aromatic rings. The van der Waals surface area contributed by atoms with Gasteiger partial charge in [0.15, 0.2) is 5.78 Å². The number of hydrogen-bond acceptors (Lipinski definition) is 1. The fourth-order valence-electron chi connectivity index (χ4n) is 9.82. The lowest BCUT2D eigenvalue weighted by Gasteiger charge is -2.62. The Balaban J connectivity index is 1.11. The van der Waals surface area contributed by atoms with Gasteiger partial charge in [-0.3, -0.25) is 4.79 Å². The first-order valence-electron chi connectivity index (χ1n) is 15.2. The second-order valence-electron chi connectivity index (χ2n) is 13.4. The highest BCUT2D eigenvalue weighted by Crippen LogP contribution is 2.66. The van der Waals surface area contributed by atoms with Crippen molar-refractivity contribution in [2.24, 2.45) is 46.3 Å². The third-order valence-corrected chi connectivity index (χ3v) is 12.1. The molecule has 5 aliphatic rings. The van der Waals surface area contributed by atoms with Crippen molar-refractivity contribution in [1.29, 1.82) is 0 Å². The Morgan fingerprint density at radius 1 is 0.636 bits per heavy atom. The van der Waals surface area contributed by atoms with Gasteiger partial charge in [0.25, 0.3) is 0 Å². The van der Waals surface area contributed by atoms with Gasteiger partial charge in [0.2, 0.25) is 0 Å². The van der Waals surface area contributed by atoms with Crippen molar-refractivity contribution in [3.63, 3.8) is 0 Å². The van der Waals surface area contributed by atoms with Crippen LogP contribution >= 0.6 is 0 Å². The molecule has 5 fully saturated rings. The summed E-state index contributed by atoms with van der Waals surface area (Å²) >= 11 is 0. The summed E-state index contributed by atoms with van der Waals surface area (Å²) in [6.07, 6.45) is 22.3. The van der Waals surface area contributed by atoms with Gasteiger partial charge in [0.1, 0.15) is 6.17 Å². The van der Waals surface area contributed by atoms with Crippen LogP contribution in [0.2, 0.25) is 0 Å². The molecule has 5 rings (SSSR count). The number of alkyl halides is 1. The summed E-state index contributed by atoms with van der Waals surface area (Å²) in [5.41, 5.74) is -1.13. The summed E-state index contributed by atoms with van der Waals surface area (Å²) in [5, 5.41) is 0. The first-order chi connectivity index (χ1) is 16.0. The summed E-state index contributed by atoms with van der Waals surface area (Å²) in [6.45, 7) is 4.65. The molecule has 0 aliphatic heterocycles. The van der Waals surface area contributed by atoms with Gasteiger partial charge in [-0.25, -0.2) is 4.39 Å². The van der Waals surface area contributed by atoms with Crippen LogP contribution in [0, 0.1) is 46.3 Å². The van der Waals surface area contributed by atoms with Crippen LogP contribution in [-0.2, 0) is 4.79 Å². The Kier molecular flexibility index (Phi) is 7.31. The highest BCUT2D eigenvalue weighted by molar-refractivity contribution is 5.98. The van der Waals surface area contributed by atoms with E-state index in [2.05, 4.69) is 13.8 Å². The zero-order valence-corrected chi connectivity index (χ0v) is 21.8. The van der Waals surface area contributed by atoms with Crippen LogP contribution in [0.3, 0.4) is 0 Å². The van der Waals surface area contributed by atoms with Crippen molar-refractivity contribution >= 4 is 5.78 Å². The molecule has 2 heteroatoms. The fraction of sp³-hybridized carbons (Fsp3) is 0.968. The van der Waals surface area contributed by atoms with Gasteiger partial charge in [-0.15, -0.1) is 0 Å². The van der Waals surface area contributed by atoms with Gasteiger partial charge in [-0.2, -0.15) is 0 Å². The van der Waals surface area contributed by atoms with E-state index in [1.165, 1.54) is 70.6 Å². The number of carbonyl (C=O) groups is 1. The molecule has 188 valence electrons. The first-order valence-corrected chi connectivity index (χ1v) is 15.2. The highest BCUT2D eigenvalue weighted by Gasteiger charge is 2.71. The molecule has 0 N–H and O–H groups in total. The quantitative estimate of drug-likeness (QED) is 0.401. The van der Waals surface area contributed by atoms with Crippen LogP contribution in [0.25, 0.3) is 0 Å². The van der Waals surface area contributed by atoms with Gasteiger partial charge in [-0.05, 0) is 113 Å². The lowest BCUT2D eigenvalue weighted by molar-refractivity contribution is -0.194. The van der Waals surface area contributed by atoms with Gasteiger partial charge in [0, 0.05) is 0 Å². The van der Waals surface area contributed by atoms with Gasteiger partial charge < -0.3 is 0 Å². The minimum absolute atomic E-state index is 0.376. The van der Waals surface area contributed by atoms with Gasteiger partial charge >= 0.3 is 0 Å². The molecule has 0 amide bonds. The van der Waals surface area contributed by atoms with E-state index in [1.807, 2.05) is 0 Å². The molecule has 0 saturated heterocycles. The van der Waals surface area contributed by atoms with Gasteiger partial charge in [-0.1, -0.05) is 58.8 Å². The minimum atomic E-state index is -0.837. The SMILES string of the molecule is CCCC1CCC(C2CCC3(CC2)C(=O)C2(CCC(C4CCC(CC)CC4)CC2)C3F)CC1. The average Bonchev–Trinajstić information content (AvgIpc) is 2.89. The monoisotopic (exact) mass is 458 g/mol. The smallest absolute Gasteiger partial charge is 0.151 e. The first kappa shape index (κ1) is 24.3. The number of halogens is 1. The van der Waals surface area contributed by atoms with Crippen LogP contribution < -0.4 is 0 Å². The van der Waals surface area contributed by atoms with Crippen LogP contribution in [0.15, 0.2) is 0 Å². The van der Waals surface area contributed by atoms with Crippen molar-refractivity contribution in [2.75, 3.05) is 0 Å². The molecule has 1 atom stereocenters. The van der Waals surface area contributed by atoms with E-state index in [0.717, 1.165) is 86.9 Å². The third kappa shape index (κ3) is 4.26. The molecule has 1 unspecified atom stereocenters. The third-order valence-electron chi connectivity index (χ3n) is 12.1. The standard InChI is InChI=1S/C31H51FO/c1-3-5-23-8-12-25(13-9-23)27-16-20-31(21-17-27)28(32)30(29(31)33)18-14-26(15-19-30)24-10-6-22(4-2)7-11-24/h22-28H,3-21H2,1-2H3. The largest absolute Gasteiger partial charge is 0.298 e. The zero-order chi connectivity index (χ0) is 23.1. The van der Waals surface area contributed by atoms with Crippen molar-refractivity contribution in [3.8, 4) is 0 Å². The number of hydrogen-bond donors (Lipinski definition) is 0. The Labute approximate surface area is 203 Å². The predicted molar refractivity (Wildman–Crippen MR) is 135 cm³/mol. The van der Waals surface area contributed by atoms with E-state index >= 15 is 4.39 Å². The Bertz CT molecular complexity index is 652. The molecule has 0 heterocycles. The van der Waals surface area contributed by atoms with E-state index in [4.69, 9.17) is 0 Å². The maximum Gasteiger partial charge on any atom is 0.151 e. The molecule has 0 bridgehead atoms. The fourth-order valence-corrected chi connectivity index (χ4v) is 9.82. The Morgan fingerprint density at radius 3 is 1.39 bits per heavy atom. The maximum absolute atomic E-state index is 16.0. The molecular formula is C31H51FO. The summed E-state index contributed by atoms with van der Waals surface area (Å²) < 4.78 is 16.0. The number of ketones is 1. The number of rotatable bonds is 5. The van der Waals surface area contributed by atoms with E-state index in [0.29, 0.717) is 5.78 Å². The molecule has 1 nitrogen and oxygen atoms in total. The lowest BCUT2D eigenvalue weighted by Crippen LogP contribution is -2.69. The Hall–Kier alpha value is -0.400. The molecule has 0 aromatic carbocycles. The maximum atomic E-state index is 16.0. The van der Waals surface area contributed by atoms with Crippen molar-refractivity contribution in [1.82, 2.24) is 0 Å². The van der Waals surface area contributed by atoms with E-state index < -0.39 is 17.0 Å². The second kappa shape index (κ2) is 9.93. The molecule has 33 heavy (non-hydrogen) atoms. The minimum Gasteiger partial charge on any atom is -0.298 e.